The number of nitrogens with zero attached hydrogens (tertiary/aromatic N) is 2. The van der Waals surface area contributed by atoms with E-state index in [1.165, 1.54) is 6.92 Å². The van der Waals surface area contributed by atoms with E-state index in [2.05, 4.69) is 4.98 Å². The van der Waals surface area contributed by atoms with Crippen molar-refractivity contribution in [2.45, 2.75) is 19.3 Å². The molecule has 5 nitrogen and oxygen atoms in total. The lowest BCUT2D eigenvalue weighted by Gasteiger charge is -2.18. The number of nitrogens with one attached hydrogen (secondary N) is 1. The highest BCUT2D eigenvalue weighted by Crippen LogP contribution is 2.36. The second-order valence-electron chi connectivity index (χ2n) is 4.54. The van der Waals surface area contributed by atoms with Crippen LogP contribution < -0.4 is 5.43 Å². The first-order chi connectivity index (χ1) is 10.4. The zero-order chi connectivity index (χ0) is 17.6. The number of alkyl halides is 6. The smallest absolute Gasteiger partial charge is 0.271 e. The van der Waals surface area contributed by atoms with Crippen molar-refractivity contribution in [3.63, 3.8) is 0 Å². The number of hydrogen-bond donors (Lipinski definition) is 1. The zero-order valence-electron chi connectivity index (χ0n) is 11.2. The second kappa shape index (κ2) is 5.25. The first kappa shape index (κ1) is 16.8. The summed E-state index contributed by atoms with van der Waals surface area (Å²) in [7, 11) is 0. The lowest BCUT2D eigenvalue weighted by Crippen LogP contribution is -2.37. The summed E-state index contributed by atoms with van der Waals surface area (Å²) in [5.41, 5.74) is -1.58. The van der Waals surface area contributed by atoms with E-state index in [1.54, 1.807) is 0 Å². The molecule has 1 aliphatic rings. The van der Waals surface area contributed by atoms with E-state index in [4.69, 9.17) is 0 Å². The molecule has 2 amide bonds. The van der Waals surface area contributed by atoms with Gasteiger partial charge in [0, 0.05) is 11.6 Å². The Bertz CT molecular complexity index is 675. The molecule has 1 aliphatic heterocycles. The van der Waals surface area contributed by atoms with Crippen LogP contribution >= 0.6 is 0 Å². The second-order valence-corrected chi connectivity index (χ2v) is 4.54. The molecule has 0 bridgehead atoms. The summed E-state index contributed by atoms with van der Waals surface area (Å²) in [5.74, 6) is -2.76. The van der Waals surface area contributed by atoms with E-state index in [0.29, 0.717) is 0 Å². The molecule has 0 saturated heterocycles. The van der Waals surface area contributed by atoms with Gasteiger partial charge in [0.25, 0.3) is 11.8 Å². The van der Waals surface area contributed by atoms with Gasteiger partial charge in [-0.05, 0) is 19.1 Å². The Labute approximate surface area is 124 Å². The van der Waals surface area contributed by atoms with Crippen LogP contribution in [0.1, 0.15) is 18.2 Å². The molecule has 0 fully saturated rings. The first-order valence-electron chi connectivity index (χ1n) is 5.89. The summed E-state index contributed by atoms with van der Waals surface area (Å²) in [6.07, 6.45) is -9.31. The average Bonchev–Trinajstić information content (AvgIpc) is 2.63. The number of halogens is 6. The van der Waals surface area contributed by atoms with Crippen molar-refractivity contribution in [2.24, 2.45) is 0 Å². The van der Waals surface area contributed by atoms with Crippen LogP contribution in [0.4, 0.5) is 32.2 Å². The molecule has 23 heavy (non-hydrogen) atoms. The standard InChI is InChI=1S/C12H7F6N3O2/c1-5-2-9(22)21(10(5)23)20-8-4-6(11(13,14)15)3-7(19-8)12(16,17)18/h2-4H,1H3,(H,19,20). The van der Waals surface area contributed by atoms with Crippen LogP contribution in [0, 0.1) is 0 Å². The van der Waals surface area contributed by atoms with Gasteiger partial charge in [-0.1, -0.05) is 0 Å². The predicted octanol–water partition coefficient (Wildman–Crippen LogP) is 2.76. The van der Waals surface area contributed by atoms with Crippen LogP contribution in [-0.2, 0) is 21.9 Å². The van der Waals surface area contributed by atoms with Crippen LogP contribution in [0.15, 0.2) is 23.8 Å². The summed E-state index contributed by atoms with van der Waals surface area (Å²) in [4.78, 5) is 26.0. The van der Waals surface area contributed by atoms with Crippen molar-refractivity contribution in [3.8, 4) is 0 Å². The molecule has 11 heteroatoms. The number of carbonyl (C=O) groups is 2. The molecule has 0 saturated carbocycles. The molecule has 0 spiro atoms. The SMILES string of the molecule is CC1=CC(=O)N(Nc2cc(C(F)(F)F)cc(C(F)(F)F)n2)C1=O. The molecule has 1 aromatic rings. The van der Waals surface area contributed by atoms with Gasteiger partial charge in [0.2, 0.25) is 0 Å². The number of hydrazine groups is 1. The van der Waals surface area contributed by atoms with Crippen molar-refractivity contribution in [1.29, 1.82) is 0 Å². The number of pyridine rings is 1. The van der Waals surface area contributed by atoms with Crippen molar-refractivity contribution in [3.05, 3.63) is 35.0 Å². The van der Waals surface area contributed by atoms with Gasteiger partial charge in [0.15, 0.2) is 0 Å². The highest BCUT2D eigenvalue weighted by atomic mass is 19.4. The first-order valence-corrected chi connectivity index (χ1v) is 5.89. The van der Waals surface area contributed by atoms with E-state index in [0.717, 1.165) is 6.08 Å². The Hall–Kier alpha value is -2.59. The van der Waals surface area contributed by atoms with E-state index in [1.807, 2.05) is 5.43 Å². The Morgan fingerprint density at radius 2 is 1.65 bits per heavy atom. The number of imide groups is 1. The number of aromatic nitrogens is 1. The topological polar surface area (TPSA) is 62.3 Å². The monoisotopic (exact) mass is 339 g/mol. The summed E-state index contributed by atoms with van der Waals surface area (Å²) in [6.45, 7) is 1.27. The molecule has 0 atom stereocenters. The Balaban J connectivity index is 2.43. The van der Waals surface area contributed by atoms with Crippen LogP contribution in [-0.4, -0.2) is 21.8 Å². The lowest BCUT2D eigenvalue weighted by atomic mass is 10.2. The van der Waals surface area contributed by atoms with E-state index >= 15 is 0 Å². The highest BCUT2D eigenvalue weighted by molar-refractivity contribution is 6.16. The van der Waals surface area contributed by atoms with Crippen LogP contribution in [0.5, 0.6) is 0 Å². The maximum atomic E-state index is 12.7. The number of carbonyl (C=O) groups excluding carboxylic acids is 2. The van der Waals surface area contributed by atoms with Gasteiger partial charge in [-0.25, -0.2) is 4.98 Å². The highest BCUT2D eigenvalue weighted by Gasteiger charge is 2.39. The van der Waals surface area contributed by atoms with Gasteiger partial charge >= 0.3 is 12.4 Å². The fraction of sp³-hybridized carbons (Fsp3) is 0.250. The van der Waals surface area contributed by atoms with Gasteiger partial charge in [-0.3, -0.25) is 15.0 Å². The number of rotatable bonds is 2. The molecular weight excluding hydrogens is 332 g/mol. The maximum Gasteiger partial charge on any atom is 0.433 e. The lowest BCUT2D eigenvalue weighted by molar-refractivity contribution is -0.145. The number of hydrogen-bond acceptors (Lipinski definition) is 4. The van der Waals surface area contributed by atoms with Gasteiger partial charge in [-0.2, -0.15) is 31.4 Å². The van der Waals surface area contributed by atoms with Gasteiger partial charge in [0.05, 0.1) is 5.56 Å². The summed E-state index contributed by atoms with van der Waals surface area (Å²) < 4.78 is 76.0. The molecule has 1 N–H and O–H groups in total. The minimum atomic E-state index is -5.13. The molecule has 0 aliphatic carbocycles. The fourth-order valence-corrected chi connectivity index (χ4v) is 1.71. The molecule has 2 heterocycles. The largest absolute Gasteiger partial charge is 0.433 e. The third-order valence-corrected chi connectivity index (χ3v) is 2.77. The van der Waals surface area contributed by atoms with Crippen LogP contribution in [0.2, 0.25) is 0 Å². The molecule has 0 aromatic carbocycles. The summed E-state index contributed by atoms with van der Waals surface area (Å²) in [6, 6.07) is 0.103. The van der Waals surface area contributed by atoms with Gasteiger partial charge < -0.3 is 0 Å². The minimum absolute atomic E-state index is 0.0227. The Kier molecular flexibility index (Phi) is 3.83. The third-order valence-electron chi connectivity index (χ3n) is 2.77. The normalized spacial score (nSPS) is 16.0. The summed E-state index contributed by atoms with van der Waals surface area (Å²) >= 11 is 0. The van der Waals surface area contributed by atoms with Crippen molar-refractivity contribution >= 4 is 17.6 Å². The van der Waals surface area contributed by atoms with Crippen molar-refractivity contribution < 1.29 is 35.9 Å². The van der Waals surface area contributed by atoms with Crippen LogP contribution in [0.25, 0.3) is 0 Å². The average molecular weight is 339 g/mol. The minimum Gasteiger partial charge on any atom is -0.271 e. The fourth-order valence-electron chi connectivity index (χ4n) is 1.71. The molecule has 124 valence electrons. The Morgan fingerprint density at radius 1 is 1.04 bits per heavy atom. The molecule has 0 unspecified atom stereocenters. The molecule has 2 rings (SSSR count). The molecule has 1 aromatic heterocycles. The summed E-state index contributed by atoms with van der Waals surface area (Å²) in [5, 5.41) is 0.276. The van der Waals surface area contributed by atoms with Crippen molar-refractivity contribution in [1.82, 2.24) is 9.99 Å². The van der Waals surface area contributed by atoms with Crippen molar-refractivity contribution in [2.75, 3.05) is 5.43 Å². The zero-order valence-corrected chi connectivity index (χ0v) is 11.2. The third kappa shape index (κ3) is 3.43. The number of amides is 2. The van der Waals surface area contributed by atoms with Gasteiger partial charge in [0.1, 0.15) is 11.5 Å². The van der Waals surface area contributed by atoms with Gasteiger partial charge in [-0.15, -0.1) is 0 Å². The molecule has 0 radical (unpaired) electrons. The van der Waals surface area contributed by atoms with E-state index in [-0.39, 0.29) is 22.7 Å². The van der Waals surface area contributed by atoms with Crippen LogP contribution in [0.3, 0.4) is 0 Å². The Morgan fingerprint density at radius 3 is 2.09 bits per heavy atom. The molecular formula is C12H7F6N3O2. The van der Waals surface area contributed by atoms with E-state index in [9.17, 15) is 35.9 Å². The predicted molar refractivity (Wildman–Crippen MR) is 63.5 cm³/mol. The maximum absolute atomic E-state index is 12.7. The van der Waals surface area contributed by atoms with E-state index < -0.39 is 41.2 Å². The number of anilines is 1. The quantitative estimate of drug-likeness (QED) is 0.665.